The summed E-state index contributed by atoms with van der Waals surface area (Å²) in [5.74, 6) is 0.324. The number of esters is 1. The Labute approximate surface area is 212 Å². The summed E-state index contributed by atoms with van der Waals surface area (Å²) < 4.78 is 82.5. The van der Waals surface area contributed by atoms with E-state index in [0.29, 0.717) is 28.3 Å². The predicted octanol–water partition coefficient (Wildman–Crippen LogP) is 4.08. The molecule has 0 fully saturated rings. The number of ether oxygens (including phenoxy) is 2. The van der Waals surface area contributed by atoms with E-state index in [1.165, 1.54) is 19.2 Å². The average Bonchev–Trinajstić information content (AvgIpc) is 3.22. The summed E-state index contributed by atoms with van der Waals surface area (Å²) in [6, 6.07) is 11.1. The molecular formula is C24H26F3N3O6S. The van der Waals surface area contributed by atoms with E-state index in [2.05, 4.69) is 9.71 Å². The van der Waals surface area contributed by atoms with Crippen LogP contribution in [-0.2, 0) is 39.1 Å². The molecule has 0 aliphatic rings. The Kier molecular flexibility index (Phi) is 8.94. The van der Waals surface area contributed by atoms with Crippen LogP contribution in [0.1, 0.15) is 29.5 Å². The standard InChI is InChI=1S/C24H26F3N3O6S/c1-4-34-22(31)14-30(37(32,33)28-3)13-17-6-5-7-20(12-17)35-15-21-16(2)36-23(29-21)18-8-10-19(11-9-18)24(25,26)27/h5-12,28H,4,13-15H2,1-3H3. The molecule has 1 aromatic heterocycles. The zero-order valence-corrected chi connectivity index (χ0v) is 21.1. The number of aromatic nitrogens is 1. The van der Waals surface area contributed by atoms with Crippen molar-refractivity contribution in [3.63, 3.8) is 0 Å². The Bertz CT molecular complexity index is 1320. The molecule has 1 N–H and O–H groups in total. The third kappa shape index (κ3) is 7.54. The van der Waals surface area contributed by atoms with Crippen LogP contribution in [0.2, 0.25) is 0 Å². The summed E-state index contributed by atoms with van der Waals surface area (Å²) in [7, 11) is -2.68. The number of nitrogens with zero attached hydrogens (tertiary/aromatic N) is 2. The van der Waals surface area contributed by atoms with Gasteiger partial charge in [0.2, 0.25) is 5.89 Å². The van der Waals surface area contributed by atoms with Gasteiger partial charge in [-0.1, -0.05) is 12.1 Å². The highest BCUT2D eigenvalue weighted by Gasteiger charge is 2.30. The maximum Gasteiger partial charge on any atom is 0.416 e. The zero-order valence-electron chi connectivity index (χ0n) is 20.3. The first-order valence-electron chi connectivity index (χ1n) is 11.1. The lowest BCUT2D eigenvalue weighted by Gasteiger charge is -2.20. The Balaban J connectivity index is 1.70. The van der Waals surface area contributed by atoms with Gasteiger partial charge in [-0.15, -0.1) is 0 Å². The highest BCUT2D eigenvalue weighted by atomic mass is 32.2. The zero-order chi connectivity index (χ0) is 27.2. The first-order chi connectivity index (χ1) is 17.4. The summed E-state index contributed by atoms with van der Waals surface area (Å²) >= 11 is 0. The van der Waals surface area contributed by atoms with Crippen LogP contribution in [0.15, 0.2) is 52.9 Å². The van der Waals surface area contributed by atoms with Crippen LogP contribution in [0.3, 0.4) is 0 Å². The van der Waals surface area contributed by atoms with Gasteiger partial charge in [0.1, 0.15) is 30.4 Å². The van der Waals surface area contributed by atoms with Crippen LogP contribution >= 0.6 is 0 Å². The fraction of sp³-hybridized carbons (Fsp3) is 0.333. The Morgan fingerprint density at radius 2 is 1.86 bits per heavy atom. The van der Waals surface area contributed by atoms with Crippen molar-refractivity contribution < 1.29 is 40.3 Å². The van der Waals surface area contributed by atoms with E-state index in [4.69, 9.17) is 13.9 Å². The van der Waals surface area contributed by atoms with Crippen LogP contribution in [0.4, 0.5) is 13.2 Å². The second-order valence-corrected chi connectivity index (χ2v) is 9.69. The highest BCUT2D eigenvalue weighted by molar-refractivity contribution is 7.87. The maximum atomic E-state index is 12.8. The van der Waals surface area contributed by atoms with Crippen LogP contribution in [0.5, 0.6) is 5.75 Å². The number of carbonyl (C=O) groups is 1. The van der Waals surface area contributed by atoms with Crippen molar-refractivity contribution in [2.24, 2.45) is 0 Å². The molecule has 37 heavy (non-hydrogen) atoms. The molecule has 9 nitrogen and oxygen atoms in total. The summed E-state index contributed by atoms with van der Waals surface area (Å²) in [4.78, 5) is 16.2. The number of carbonyl (C=O) groups excluding carboxylic acids is 1. The van der Waals surface area contributed by atoms with Gasteiger partial charge in [-0.25, -0.2) is 9.71 Å². The second kappa shape index (κ2) is 11.8. The van der Waals surface area contributed by atoms with Crippen LogP contribution in [0, 0.1) is 6.92 Å². The third-order valence-electron chi connectivity index (χ3n) is 5.19. The summed E-state index contributed by atoms with van der Waals surface area (Å²) in [6.07, 6.45) is -4.44. The molecule has 0 spiro atoms. The van der Waals surface area contributed by atoms with Gasteiger partial charge in [-0.05, 0) is 55.8 Å². The summed E-state index contributed by atoms with van der Waals surface area (Å²) in [5.41, 5.74) is 0.619. The molecule has 0 aliphatic carbocycles. The van der Waals surface area contributed by atoms with Gasteiger partial charge in [0.05, 0.1) is 12.2 Å². The van der Waals surface area contributed by atoms with Crippen molar-refractivity contribution in [3.05, 3.63) is 71.1 Å². The fourth-order valence-electron chi connectivity index (χ4n) is 3.28. The van der Waals surface area contributed by atoms with E-state index in [9.17, 15) is 26.4 Å². The van der Waals surface area contributed by atoms with E-state index >= 15 is 0 Å². The molecule has 2 aromatic carbocycles. The van der Waals surface area contributed by atoms with E-state index < -0.39 is 34.5 Å². The minimum absolute atomic E-state index is 0.000770. The highest BCUT2D eigenvalue weighted by Crippen LogP contribution is 2.31. The average molecular weight is 542 g/mol. The molecule has 0 atom stereocenters. The molecule has 0 radical (unpaired) electrons. The normalized spacial score (nSPS) is 12.1. The van der Waals surface area contributed by atoms with E-state index in [1.807, 2.05) is 0 Å². The summed E-state index contributed by atoms with van der Waals surface area (Å²) in [5, 5.41) is 0. The van der Waals surface area contributed by atoms with Crippen molar-refractivity contribution in [2.75, 3.05) is 20.2 Å². The lowest BCUT2D eigenvalue weighted by molar-refractivity contribution is -0.143. The minimum atomic E-state index is -4.44. The van der Waals surface area contributed by atoms with Crippen molar-refractivity contribution in [3.8, 4) is 17.2 Å². The van der Waals surface area contributed by atoms with E-state index in [-0.39, 0.29) is 25.6 Å². The molecule has 3 rings (SSSR count). The van der Waals surface area contributed by atoms with Gasteiger partial charge < -0.3 is 13.9 Å². The number of nitrogens with one attached hydrogen (secondary N) is 1. The molecule has 3 aromatic rings. The number of rotatable bonds is 11. The molecule has 13 heteroatoms. The SMILES string of the molecule is CCOC(=O)CN(Cc1cccc(OCc2nc(-c3ccc(C(F)(F)F)cc3)oc2C)c1)S(=O)(=O)NC. The van der Waals surface area contributed by atoms with Gasteiger partial charge in [-0.2, -0.15) is 25.9 Å². The van der Waals surface area contributed by atoms with Crippen LogP contribution in [0.25, 0.3) is 11.5 Å². The lowest BCUT2D eigenvalue weighted by atomic mass is 10.1. The molecule has 0 saturated heterocycles. The second-order valence-electron chi connectivity index (χ2n) is 7.82. The molecule has 0 amide bonds. The van der Waals surface area contributed by atoms with Gasteiger partial charge in [0.15, 0.2) is 0 Å². The fourth-order valence-corrected chi connectivity index (χ4v) is 4.13. The Morgan fingerprint density at radius 3 is 2.49 bits per heavy atom. The maximum absolute atomic E-state index is 12.8. The number of benzene rings is 2. The van der Waals surface area contributed by atoms with Gasteiger partial charge in [-0.3, -0.25) is 4.79 Å². The summed E-state index contributed by atoms with van der Waals surface area (Å²) in [6.45, 7) is 2.83. The number of hydrogen-bond donors (Lipinski definition) is 1. The molecule has 0 bridgehead atoms. The Morgan fingerprint density at radius 1 is 1.16 bits per heavy atom. The van der Waals surface area contributed by atoms with Gasteiger partial charge in [0.25, 0.3) is 10.2 Å². The Hall–Kier alpha value is -3.42. The largest absolute Gasteiger partial charge is 0.487 e. The number of halogens is 3. The van der Waals surface area contributed by atoms with Gasteiger partial charge >= 0.3 is 12.1 Å². The van der Waals surface area contributed by atoms with Crippen LogP contribution in [-0.4, -0.2) is 43.9 Å². The number of oxazole rings is 1. The number of aryl methyl sites for hydroxylation is 1. The van der Waals surface area contributed by atoms with Crippen molar-refractivity contribution in [1.29, 1.82) is 0 Å². The predicted molar refractivity (Wildman–Crippen MR) is 127 cm³/mol. The molecule has 0 saturated carbocycles. The lowest BCUT2D eigenvalue weighted by Crippen LogP contribution is -2.41. The van der Waals surface area contributed by atoms with Crippen LogP contribution < -0.4 is 9.46 Å². The molecule has 0 unspecified atom stereocenters. The minimum Gasteiger partial charge on any atom is -0.487 e. The number of alkyl halides is 3. The van der Waals surface area contributed by atoms with E-state index in [0.717, 1.165) is 16.4 Å². The van der Waals surface area contributed by atoms with E-state index in [1.54, 1.807) is 38.1 Å². The smallest absolute Gasteiger partial charge is 0.416 e. The van der Waals surface area contributed by atoms with Crippen molar-refractivity contribution in [2.45, 2.75) is 33.2 Å². The topological polar surface area (TPSA) is 111 Å². The van der Waals surface area contributed by atoms with Gasteiger partial charge in [0, 0.05) is 19.2 Å². The van der Waals surface area contributed by atoms with Crippen molar-refractivity contribution >= 4 is 16.2 Å². The third-order valence-corrected chi connectivity index (χ3v) is 6.65. The number of hydrogen-bond acceptors (Lipinski definition) is 7. The molecule has 1 heterocycles. The molecular weight excluding hydrogens is 515 g/mol. The first kappa shape index (κ1) is 28.2. The quantitative estimate of drug-likeness (QED) is 0.364. The molecule has 200 valence electrons. The molecule has 0 aliphatic heterocycles. The van der Waals surface area contributed by atoms with Crippen molar-refractivity contribution in [1.82, 2.24) is 14.0 Å². The monoisotopic (exact) mass is 541 g/mol. The first-order valence-corrected chi connectivity index (χ1v) is 12.6.